The highest BCUT2D eigenvalue weighted by Gasteiger charge is 2.33. The maximum absolute atomic E-state index is 12.4. The van der Waals surface area contributed by atoms with E-state index in [1.165, 1.54) is 7.11 Å². The minimum absolute atomic E-state index is 0.179. The molecule has 1 amide bonds. The molecule has 7 nitrogen and oxygen atoms in total. The van der Waals surface area contributed by atoms with Crippen LogP contribution in [0.15, 0.2) is 48.5 Å². The molecule has 0 spiro atoms. The van der Waals surface area contributed by atoms with Crippen molar-refractivity contribution in [3.05, 3.63) is 65.2 Å². The molecular weight excluding hydrogens is 410 g/mol. The lowest BCUT2D eigenvalue weighted by Gasteiger charge is -2.36. The summed E-state index contributed by atoms with van der Waals surface area (Å²) in [4.78, 5) is 24.4. The van der Waals surface area contributed by atoms with Gasteiger partial charge in [0.1, 0.15) is 11.4 Å². The van der Waals surface area contributed by atoms with Crippen LogP contribution < -0.4 is 10.1 Å². The van der Waals surface area contributed by atoms with Crippen LogP contribution in [0.4, 0.5) is 4.79 Å². The number of benzene rings is 2. The quantitative estimate of drug-likeness (QED) is 0.660. The second-order valence-corrected chi connectivity index (χ2v) is 8.82. The number of nitrogens with one attached hydrogen (secondary N) is 1. The molecule has 0 unspecified atom stereocenters. The van der Waals surface area contributed by atoms with E-state index in [4.69, 9.17) is 18.9 Å². The van der Waals surface area contributed by atoms with Crippen molar-refractivity contribution in [2.75, 3.05) is 14.2 Å². The zero-order valence-corrected chi connectivity index (χ0v) is 19.2. The molecule has 172 valence electrons. The number of alkyl carbamates (subject to hydrolysis) is 1. The lowest BCUT2D eigenvalue weighted by atomic mass is 9.90. The van der Waals surface area contributed by atoms with Gasteiger partial charge in [-0.3, -0.25) is 0 Å². The van der Waals surface area contributed by atoms with Crippen LogP contribution in [0.3, 0.4) is 0 Å². The first-order valence-electron chi connectivity index (χ1n) is 10.7. The zero-order valence-electron chi connectivity index (χ0n) is 19.2. The number of methoxy groups -OCH3 is 2. The zero-order chi connectivity index (χ0) is 23.3. The van der Waals surface area contributed by atoms with Gasteiger partial charge in [-0.15, -0.1) is 0 Å². The third kappa shape index (κ3) is 6.23. The molecule has 1 heterocycles. The predicted octanol–water partition coefficient (Wildman–Crippen LogP) is 4.97. The normalized spacial score (nSPS) is 20.8. The van der Waals surface area contributed by atoms with Gasteiger partial charge in [0.2, 0.25) is 0 Å². The Labute approximate surface area is 189 Å². The lowest BCUT2D eigenvalue weighted by Crippen LogP contribution is -2.43. The predicted molar refractivity (Wildman–Crippen MR) is 120 cm³/mol. The molecule has 0 aliphatic carbocycles. The van der Waals surface area contributed by atoms with Crippen molar-refractivity contribution in [1.82, 2.24) is 5.32 Å². The minimum atomic E-state index is -0.588. The van der Waals surface area contributed by atoms with E-state index in [9.17, 15) is 9.59 Å². The molecule has 2 aromatic rings. The van der Waals surface area contributed by atoms with Crippen molar-refractivity contribution < 1.29 is 28.5 Å². The summed E-state index contributed by atoms with van der Waals surface area (Å²) in [5.74, 6) is 0.327. The van der Waals surface area contributed by atoms with Gasteiger partial charge in [-0.1, -0.05) is 24.3 Å². The highest BCUT2D eigenvalue weighted by atomic mass is 16.6. The smallest absolute Gasteiger partial charge is 0.407 e. The summed E-state index contributed by atoms with van der Waals surface area (Å²) in [6.45, 7) is 5.49. The number of amides is 1. The van der Waals surface area contributed by atoms with Crippen LogP contribution in [0.1, 0.15) is 67.3 Å². The molecule has 0 aromatic heterocycles. The Bertz CT molecular complexity index is 951. The second kappa shape index (κ2) is 10.0. The van der Waals surface area contributed by atoms with Gasteiger partial charge in [0.25, 0.3) is 0 Å². The maximum Gasteiger partial charge on any atom is 0.407 e. The summed E-state index contributed by atoms with van der Waals surface area (Å²) in [5, 5.41) is 2.99. The fourth-order valence-corrected chi connectivity index (χ4v) is 3.77. The van der Waals surface area contributed by atoms with Gasteiger partial charge in [-0.25, -0.2) is 9.59 Å². The summed E-state index contributed by atoms with van der Waals surface area (Å²) in [6.07, 6.45) is 0.0649. The number of carbonyl (C=O) groups excluding carboxylic acids is 2. The highest BCUT2D eigenvalue weighted by molar-refractivity contribution is 5.89. The van der Waals surface area contributed by atoms with E-state index in [0.29, 0.717) is 18.4 Å². The first-order valence-corrected chi connectivity index (χ1v) is 10.7. The molecule has 1 saturated heterocycles. The Morgan fingerprint density at radius 2 is 1.59 bits per heavy atom. The lowest BCUT2D eigenvalue weighted by molar-refractivity contribution is -0.0661. The standard InChI is InChI=1S/C25H31NO6/c1-25(2,3)32-24(28)26-19-14-21(16-8-6-10-18(12-16)23(27)30-5)31-22(15-19)17-9-7-11-20(13-17)29-4/h6-13,19,21-22H,14-15H2,1-5H3,(H,26,28)/t19-,21-,22+/m1/s1. The van der Waals surface area contributed by atoms with Crippen molar-refractivity contribution >= 4 is 12.1 Å². The van der Waals surface area contributed by atoms with Crippen LogP contribution in [0.2, 0.25) is 0 Å². The van der Waals surface area contributed by atoms with Crippen molar-refractivity contribution in [2.24, 2.45) is 0 Å². The van der Waals surface area contributed by atoms with Gasteiger partial charge < -0.3 is 24.3 Å². The summed E-state index contributed by atoms with van der Waals surface area (Å²) < 4.78 is 22.1. The first-order chi connectivity index (χ1) is 15.2. The van der Waals surface area contributed by atoms with E-state index in [0.717, 1.165) is 16.9 Å². The van der Waals surface area contributed by atoms with Crippen molar-refractivity contribution in [1.29, 1.82) is 0 Å². The molecule has 1 fully saturated rings. The van der Waals surface area contributed by atoms with Crippen molar-refractivity contribution in [3.8, 4) is 5.75 Å². The van der Waals surface area contributed by atoms with E-state index in [1.54, 1.807) is 25.3 Å². The average Bonchev–Trinajstić information content (AvgIpc) is 2.77. The van der Waals surface area contributed by atoms with Gasteiger partial charge in [-0.05, 0) is 69.0 Å². The summed E-state index contributed by atoms with van der Waals surface area (Å²) >= 11 is 0. The number of carbonyl (C=O) groups is 2. The van der Waals surface area contributed by atoms with Gasteiger partial charge >= 0.3 is 12.1 Å². The molecule has 32 heavy (non-hydrogen) atoms. The van der Waals surface area contributed by atoms with E-state index in [-0.39, 0.29) is 18.2 Å². The molecule has 0 saturated carbocycles. The van der Waals surface area contributed by atoms with Gasteiger partial charge in [0.05, 0.1) is 32.0 Å². The van der Waals surface area contributed by atoms with E-state index in [2.05, 4.69) is 5.32 Å². The fourth-order valence-electron chi connectivity index (χ4n) is 3.77. The topological polar surface area (TPSA) is 83.1 Å². The largest absolute Gasteiger partial charge is 0.497 e. The Morgan fingerprint density at radius 1 is 0.969 bits per heavy atom. The molecule has 1 aliphatic heterocycles. The molecule has 1 aliphatic rings. The fraction of sp³-hybridized carbons (Fsp3) is 0.440. The Hall–Kier alpha value is -3.06. The van der Waals surface area contributed by atoms with Crippen LogP contribution in [-0.4, -0.2) is 37.9 Å². The SMILES string of the molecule is COC(=O)c1cccc([C@H]2C[C@@H](NC(=O)OC(C)(C)C)C[C@@H](c3cccc(OC)c3)O2)c1. The van der Waals surface area contributed by atoms with Crippen molar-refractivity contribution in [3.63, 3.8) is 0 Å². The number of esters is 1. The molecule has 0 radical (unpaired) electrons. The summed E-state index contributed by atoms with van der Waals surface area (Å²) in [5.41, 5.74) is 1.66. The molecule has 3 atom stereocenters. The Kier molecular flexibility index (Phi) is 7.40. The molecule has 0 bridgehead atoms. The maximum atomic E-state index is 12.4. The summed E-state index contributed by atoms with van der Waals surface area (Å²) in [6, 6.07) is 14.7. The number of hydrogen-bond acceptors (Lipinski definition) is 6. The number of hydrogen-bond donors (Lipinski definition) is 1. The monoisotopic (exact) mass is 441 g/mol. The van der Waals surface area contributed by atoms with Crippen LogP contribution in [0.5, 0.6) is 5.75 Å². The number of rotatable bonds is 5. The van der Waals surface area contributed by atoms with E-state index in [1.807, 2.05) is 51.1 Å². The summed E-state index contributed by atoms with van der Waals surface area (Å²) in [7, 11) is 2.97. The highest BCUT2D eigenvalue weighted by Crippen LogP contribution is 2.40. The van der Waals surface area contributed by atoms with Crippen LogP contribution in [0, 0.1) is 0 Å². The molecule has 7 heteroatoms. The molecule has 1 N–H and O–H groups in total. The van der Waals surface area contributed by atoms with E-state index < -0.39 is 17.7 Å². The Balaban J connectivity index is 1.87. The molecule has 3 rings (SSSR count). The van der Waals surface area contributed by atoms with Gasteiger partial charge in [0, 0.05) is 6.04 Å². The third-order valence-corrected chi connectivity index (χ3v) is 5.19. The van der Waals surface area contributed by atoms with Crippen molar-refractivity contribution in [2.45, 2.75) is 57.5 Å². The minimum Gasteiger partial charge on any atom is -0.497 e. The second-order valence-electron chi connectivity index (χ2n) is 8.82. The van der Waals surface area contributed by atoms with Crippen LogP contribution in [0.25, 0.3) is 0 Å². The average molecular weight is 442 g/mol. The Morgan fingerprint density at radius 3 is 2.19 bits per heavy atom. The number of ether oxygens (including phenoxy) is 4. The van der Waals surface area contributed by atoms with Gasteiger partial charge in [-0.2, -0.15) is 0 Å². The first kappa shape index (κ1) is 23.6. The molecule has 2 aromatic carbocycles. The van der Waals surface area contributed by atoms with Crippen LogP contribution in [-0.2, 0) is 14.2 Å². The third-order valence-electron chi connectivity index (χ3n) is 5.19. The van der Waals surface area contributed by atoms with Crippen LogP contribution >= 0.6 is 0 Å². The van der Waals surface area contributed by atoms with E-state index >= 15 is 0 Å². The van der Waals surface area contributed by atoms with Gasteiger partial charge in [0.15, 0.2) is 0 Å². The molecular formula is C25H31NO6.